The number of aromatic nitrogens is 1. The van der Waals surface area contributed by atoms with Crippen LogP contribution in [-0.2, 0) is 0 Å². The monoisotopic (exact) mass is 249 g/mol. The van der Waals surface area contributed by atoms with Gasteiger partial charge in [-0.05, 0) is 34.1 Å². The number of halogens is 1. The van der Waals surface area contributed by atoms with Crippen LogP contribution in [0, 0.1) is 0 Å². The van der Waals surface area contributed by atoms with Gasteiger partial charge in [0.05, 0.1) is 5.69 Å². The molecule has 0 N–H and O–H groups in total. The molecule has 0 unspecified atom stereocenters. The SMILES string of the molecule is O=c1ccccn1-c1ccccc1Br. The molecule has 0 aliphatic carbocycles. The summed E-state index contributed by atoms with van der Waals surface area (Å²) in [5, 5.41) is 0. The molecule has 3 heteroatoms. The van der Waals surface area contributed by atoms with Crippen molar-refractivity contribution in [3.8, 4) is 5.69 Å². The lowest BCUT2D eigenvalue weighted by Crippen LogP contribution is -2.15. The Balaban J connectivity index is 2.67. The first kappa shape index (κ1) is 9.21. The lowest BCUT2D eigenvalue weighted by molar-refractivity contribution is 0.984. The van der Waals surface area contributed by atoms with Crippen molar-refractivity contribution in [2.75, 3.05) is 0 Å². The normalized spacial score (nSPS) is 10.1. The van der Waals surface area contributed by atoms with Crippen molar-refractivity contribution in [2.45, 2.75) is 0 Å². The first-order chi connectivity index (χ1) is 6.79. The fourth-order valence-electron chi connectivity index (χ4n) is 1.27. The van der Waals surface area contributed by atoms with Crippen LogP contribution in [0.25, 0.3) is 5.69 Å². The highest BCUT2D eigenvalue weighted by atomic mass is 79.9. The average molecular weight is 250 g/mol. The van der Waals surface area contributed by atoms with E-state index in [0.29, 0.717) is 0 Å². The average Bonchev–Trinajstić information content (AvgIpc) is 2.20. The summed E-state index contributed by atoms with van der Waals surface area (Å²) in [6, 6.07) is 12.7. The van der Waals surface area contributed by atoms with Crippen molar-refractivity contribution in [2.24, 2.45) is 0 Å². The molecule has 2 aromatic rings. The fourth-order valence-corrected chi connectivity index (χ4v) is 1.75. The molecule has 1 heterocycles. The molecule has 2 nitrogen and oxygen atoms in total. The minimum Gasteiger partial charge on any atom is -0.283 e. The number of pyridine rings is 1. The Morgan fingerprint density at radius 3 is 2.43 bits per heavy atom. The number of para-hydroxylation sites is 1. The topological polar surface area (TPSA) is 22.0 Å². The Labute approximate surface area is 89.9 Å². The standard InChI is InChI=1S/C11H8BrNO/c12-9-5-1-2-6-10(9)13-8-4-3-7-11(13)14/h1-8H. The van der Waals surface area contributed by atoms with E-state index in [1.54, 1.807) is 22.9 Å². The van der Waals surface area contributed by atoms with Gasteiger partial charge in [0.1, 0.15) is 0 Å². The van der Waals surface area contributed by atoms with Crippen LogP contribution in [0.15, 0.2) is 57.9 Å². The van der Waals surface area contributed by atoms with Gasteiger partial charge in [0.25, 0.3) is 5.56 Å². The van der Waals surface area contributed by atoms with Gasteiger partial charge in [-0.15, -0.1) is 0 Å². The largest absolute Gasteiger partial charge is 0.283 e. The third kappa shape index (κ3) is 1.63. The van der Waals surface area contributed by atoms with Gasteiger partial charge in [0.15, 0.2) is 0 Å². The van der Waals surface area contributed by atoms with E-state index in [-0.39, 0.29) is 5.56 Å². The van der Waals surface area contributed by atoms with E-state index < -0.39 is 0 Å². The number of hydrogen-bond donors (Lipinski definition) is 0. The second-order valence-electron chi connectivity index (χ2n) is 2.86. The van der Waals surface area contributed by atoms with E-state index in [0.717, 1.165) is 10.2 Å². The predicted molar refractivity (Wildman–Crippen MR) is 59.7 cm³/mol. The summed E-state index contributed by atoms with van der Waals surface area (Å²) in [6.45, 7) is 0. The van der Waals surface area contributed by atoms with Crippen LogP contribution in [0.2, 0.25) is 0 Å². The highest BCUT2D eigenvalue weighted by Gasteiger charge is 2.00. The molecular formula is C11H8BrNO. The molecule has 14 heavy (non-hydrogen) atoms. The number of benzene rings is 1. The second kappa shape index (κ2) is 3.80. The molecule has 1 aromatic heterocycles. The maximum absolute atomic E-state index is 11.5. The van der Waals surface area contributed by atoms with E-state index in [1.165, 1.54) is 0 Å². The molecule has 0 saturated carbocycles. The Hall–Kier alpha value is -1.35. The quantitative estimate of drug-likeness (QED) is 0.762. The van der Waals surface area contributed by atoms with Gasteiger partial charge < -0.3 is 0 Å². The van der Waals surface area contributed by atoms with Crippen molar-refractivity contribution in [1.82, 2.24) is 4.57 Å². The summed E-state index contributed by atoms with van der Waals surface area (Å²) in [5.74, 6) is 0. The maximum Gasteiger partial charge on any atom is 0.255 e. The molecular weight excluding hydrogens is 242 g/mol. The first-order valence-corrected chi connectivity index (χ1v) is 5.01. The zero-order valence-corrected chi connectivity index (χ0v) is 8.94. The number of nitrogens with zero attached hydrogens (tertiary/aromatic N) is 1. The first-order valence-electron chi connectivity index (χ1n) is 4.21. The van der Waals surface area contributed by atoms with Gasteiger partial charge in [-0.25, -0.2) is 0 Å². The highest BCUT2D eigenvalue weighted by Crippen LogP contribution is 2.18. The van der Waals surface area contributed by atoms with Crippen LogP contribution in [0.4, 0.5) is 0 Å². The van der Waals surface area contributed by atoms with E-state index in [1.807, 2.05) is 30.3 Å². The molecule has 0 radical (unpaired) electrons. The number of rotatable bonds is 1. The van der Waals surface area contributed by atoms with Crippen molar-refractivity contribution in [3.63, 3.8) is 0 Å². The zero-order valence-electron chi connectivity index (χ0n) is 7.35. The molecule has 0 saturated heterocycles. The molecule has 0 aliphatic heterocycles. The molecule has 0 fully saturated rings. The van der Waals surface area contributed by atoms with Crippen molar-refractivity contribution >= 4 is 15.9 Å². The van der Waals surface area contributed by atoms with Crippen LogP contribution >= 0.6 is 15.9 Å². The summed E-state index contributed by atoms with van der Waals surface area (Å²) in [4.78, 5) is 11.5. The zero-order chi connectivity index (χ0) is 9.97. The van der Waals surface area contributed by atoms with E-state index >= 15 is 0 Å². The molecule has 1 aromatic carbocycles. The van der Waals surface area contributed by atoms with Gasteiger partial charge >= 0.3 is 0 Å². The maximum atomic E-state index is 11.5. The van der Waals surface area contributed by atoms with Crippen molar-refractivity contribution in [1.29, 1.82) is 0 Å². The summed E-state index contributed by atoms with van der Waals surface area (Å²) in [7, 11) is 0. The summed E-state index contributed by atoms with van der Waals surface area (Å²) >= 11 is 3.41. The van der Waals surface area contributed by atoms with E-state index in [2.05, 4.69) is 15.9 Å². The molecule has 0 bridgehead atoms. The highest BCUT2D eigenvalue weighted by molar-refractivity contribution is 9.10. The third-order valence-electron chi connectivity index (χ3n) is 1.93. The minimum absolute atomic E-state index is 0.0283. The lowest BCUT2D eigenvalue weighted by atomic mass is 10.3. The van der Waals surface area contributed by atoms with E-state index in [4.69, 9.17) is 0 Å². The Morgan fingerprint density at radius 1 is 1.00 bits per heavy atom. The third-order valence-corrected chi connectivity index (χ3v) is 2.61. The molecule has 70 valence electrons. The molecule has 0 spiro atoms. The smallest absolute Gasteiger partial charge is 0.255 e. The van der Waals surface area contributed by atoms with Gasteiger partial charge in [-0.2, -0.15) is 0 Å². The van der Waals surface area contributed by atoms with Crippen LogP contribution in [0.3, 0.4) is 0 Å². The molecule has 0 aliphatic rings. The molecule has 0 amide bonds. The molecule has 0 atom stereocenters. The summed E-state index contributed by atoms with van der Waals surface area (Å²) in [6.07, 6.45) is 1.75. The van der Waals surface area contributed by atoms with Crippen LogP contribution < -0.4 is 5.56 Å². The molecule has 2 rings (SSSR count). The summed E-state index contributed by atoms with van der Waals surface area (Å²) in [5.41, 5.74) is 0.831. The van der Waals surface area contributed by atoms with Crippen LogP contribution in [0.1, 0.15) is 0 Å². The van der Waals surface area contributed by atoms with Gasteiger partial charge in [0, 0.05) is 16.7 Å². The number of hydrogen-bond acceptors (Lipinski definition) is 1. The Kier molecular flexibility index (Phi) is 2.50. The van der Waals surface area contributed by atoms with E-state index in [9.17, 15) is 4.79 Å². The fraction of sp³-hybridized carbons (Fsp3) is 0. The minimum atomic E-state index is -0.0283. The van der Waals surface area contributed by atoms with Gasteiger partial charge in [0.2, 0.25) is 0 Å². The summed E-state index contributed by atoms with van der Waals surface area (Å²) < 4.78 is 2.51. The van der Waals surface area contributed by atoms with Crippen molar-refractivity contribution < 1.29 is 0 Å². The second-order valence-corrected chi connectivity index (χ2v) is 3.71. The van der Waals surface area contributed by atoms with Crippen molar-refractivity contribution in [3.05, 3.63) is 63.5 Å². The lowest BCUT2D eigenvalue weighted by Gasteiger charge is -2.06. The Morgan fingerprint density at radius 2 is 1.71 bits per heavy atom. The Bertz CT molecular complexity index is 504. The van der Waals surface area contributed by atoms with Gasteiger partial charge in [-0.3, -0.25) is 9.36 Å². The van der Waals surface area contributed by atoms with Crippen LogP contribution in [-0.4, -0.2) is 4.57 Å². The van der Waals surface area contributed by atoms with Gasteiger partial charge in [-0.1, -0.05) is 18.2 Å². The predicted octanol–water partition coefficient (Wildman–Crippen LogP) is 2.60. The van der Waals surface area contributed by atoms with Crippen LogP contribution in [0.5, 0.6) is 0 Å².